The molecule has 2 aliphatic carbocycles. The molecular formula is C29H34N6O4S2. The average molecular weight is 595 g/mol. The Balaban J connectivity index is 1.02. The molecule has 6 heterocycles. The van der Waals surface area contributed by atoms with Crippen LogP contribution in [-0.4, -0.2) is 68.8 Å². The third-order valence-electron chi connectivity index (χ3n) is 8.84. The zero-order chi connectivity index (χ0) is 27.6. The highest BCUT2D eigenvalue weighted by Gasteiger charge is 2.41. The number of pyridine rings is 1. The van der Waals surface area contributed by atoms with Gasteiger partial charge in [-0.15, -0.1) is 11.3 Å². The molecule has 0 bridgehead atoms. The van der Waals surface area contributed by atoms with E-state index in [9.17, 15) is 8.42 Å². The Kier molecular flexibility index (Phi) is 6.42. The number of hydrogen-bond acceptors (Lipinski definition) is 8. The van der Waals surface area contributed by atoms with Crippen LogP contribution in [0.2, 0.25) is 0 Å². The highest BCUT2D eigenvalue weighted by atomic mass is 32.2. The topological polar surface area (TPSA) is 104 Å². The molecule has 4 aliphatic rings. The molecule has 0 atom stereocenters. The van der Waals surface area contributed by atoms with E-state index in [0.717, 1.165) is 89.6 Å². The maximum Gasteiger partial charge on any atom is 0.216 e. The van der Waals surface area contributed by atoms with Crippen LogP contribution in [0.15, 0.2) is 36.9 Å². The molecule has 4 aromatic heterocycles. The molecule has 10 nitrogen and oxygen atoms in total. The monoisotopic (exact) mass is 594 g/mol. The molecule has 0 aromatic carbocycles. The summed E-state index contributed by atoms with van der Waals surface area (Å²) in [7, 11) is -3.11. The van der Waals surface area contributed by atoms with Crippen LogP contribution in [0, 0.1) is 0 Å². The Hall–Kier alpha value is -2.80. The van der Waals surface area contributed by atoms with Gasteiger partial charge in [-0.2, -0.15) is 10.2 Å². The van der Waals surface area contributed by atoms with Gasteiger partial charge in [0, 0.05) is 61.1 Å². The largest absolute Gasteiger partial charge is 0.452 e. The van der Waals surface area contributed by atoms with Crippen molar-refractivity contribution >= 4 is 31.6 Å². The lowest BCUT2D eigenvalue weighted by atomic mass is 9.96. The Morgan fingerprint density at radius 2 is 1.71 bits per heavy atom. The number of aromatic nitrogens is 5. The first-order valence-corrected chi connectivity index (χ1v) is 17.1. The van der Waals surface area contributed by atoms with Crippen LogP contribution in [0.5, 0.6) is 11.5 Å². The van der Waals surface area contributed by atoms with Crippen LogP contribution < -0.4 is 4.74 Å². The fourth-order valence-electron chi connectivity index (χ4n) is 6.11. The quantitative estimate of drug-likeness (QED) is 0.265. The number of hydrogen-bond donors (Lipinski definition) is 0. The summed E-state index contributed by atoms with van der Waals surface area (Å²) < 4.78 is 44.3. The lowest BCUT2D eigenvalue weighted by Crippen LogP contribution is -2.40. The standard InChI is InChI=1S/C29H34N6O4S2/c36-41(37,23-3-4-23)33-11-6-22(7-12-33)34-17-20(16-31-34)27-15-24-29(40-27)25(5-10-30-24)39-26-18-35(21-1-2-21)32-28(26)19-8-13-38-14-9-19/h5,10,15-19,21-23H,1-4,6-9,11-14H2. The Bertz CT molecular complexity index is 1670. The second kappa shape index (κ2) is 10.2. The summed E-state index contributed by atoms with van der Waals surface area (Å²) in [6, 6.07) is 4.74. The van der Waals surface area contributed by atoms with Gasteiger partial charge < -0.3 is 9.47 Å². The molecule has 0 N–H and O–H groups in total. The minimum Gasteiger partial charge on any atom is -0.452 e. The number of ether oxygens (including phenoxy) is 2. The predicted octanol–water partition coefficient (Wildman–Crippen LogP) is 5.51. The normalized spacial score (nSPS) is 21.6. The van der Waals surface area contributed by atoms with Gasteiger partial charge in [0.15, 0.2) is 5.75 Å². The molecule has 2 saturated heterocycles. The number of sulfonamides is 1. The van der Waals surface area contributed by atoms with E-state index in [0.29, 0.717) is 25.0 Å². The molecule has 8 rings (SSSR count). The van der Waals surface area contributed by atoms with Gasteiger partial charge in [-0.1, -0.05) is 0 Å². The third kappa shape index (κ3) is 4.98. The summed E-state index contributed by atoms with van der Waals surface area (Å²) in [5, 5.41) is 9.52. The third-order valence-corrected chi connectivity index (χ3v) is 12.4. The van der Waals surface area contributed by atoms with Crippen molar-refractivity contribution in [3.8, 4) is 21.9 Å². The average Bonchev–Trinajstić information content (AvgIpc) is 3.90. The highest BCUT2D eigenvalue weighted by Crippen LogP contribution is 2.44. The van der Waals surface area contributed by atoms with Crippen molar-refractivity contribution in [2.75, 3.05) is 26.3 Å². The first kappa shape index (κ1) is 25.9. The number of fused-ring (bicyclic) bond motifs is 1. The van der Waals surface area contributed by atoms with E-state index in [2.05, 4.69) is 33.2 Å². The van der Waals surface area contributed by atoms with Crippen LogP contribution in [0.25, 0.3) is 20.7 Å². The molecular weight excluding hydrogens is 560 g/mol. The van der Waals surface area contributed by atoms with Gasteiger partial charge in [0.25, 0.3) is 0 Å². The zero-order valence-corrected chi connectivity index (χ0v) is 24.5. The summed E-state index contributed by atoms with van der Waals surface area (Å²) >= 11 is 1.66. The molecule has 0 spiro atoms. The van der Waals surface area contributed by atoms with Crippen LogP contribution in [-0.2, 0) is 14.8 Å². The van der Waals surface area contributed by atoms with Crippen molar-refractivity contribution in [3.05, 3.63) is 42.6 Å². The summed E-state index contributed by atoms with van der Waals surface area (Å²) in [5.74, 6) is 1.99. The van der Waals surface area contributed by atoms with Crippen LogP contribution in [0.1, 0.15) is 75.1 Å². The Morgan fingerprint density at radius 3 is 2.46 bits per heavy atom. The predicted molar refractivity (Wildman–Crippen MR) is 156 cm³/mol. The van der Waals surface area contributed by atoms with E-state index in [1.807, 2.05) is 16.9 Å². The molecule has 41 heavy (non-hydrogen) atoms. The summed E-state index contributed by atoms with van der Waals surface area (Å²) in [6.45, 7) is 2.67. The Labute approximate surface area is 243 Å². The minimum atomic E-state index is -3.11. The van der Waals surface area contributed by atoms with E-state index in [1.165, 1.54) is 12.8 Å². The number of thiophene rings is 1. The van der Waals surface area contributed by atoms with Crippen molar-refractivity contribution in [3.63, 3.8) is 0 Å². The molecule has 12 heteroatoms. The molecule has 0 radical (unpaired) electrons. The fourth-order valence-corrected chi connectivity index (χ4v) is 9.02. The van der Waals surface area contributed by atoms with Gasteiger partial charge >= 0.3 is 0 Å². The van der Waals surface area contributed by atoms with Crippen molar-refractivity contribution in [2.24, 2.45) is 0 Å². The SMILES string of the molecule is O=S(=O)(C1CC1)N1CCC(n2cc(-c3cc4nccc(Oc5cn(C6CC6)nc5C5CCOCC5)c4s3)cn2)CC1. The maximum absolute atomic E-state index is 12.6. The van der Waals surface area contributed by atoms with Crippen LogP contribution in [0.3, 0.4) is 0 Å². The zero-order valence-electron chi connectivity index (χ0n) is 22.9. The van der Waals surface area contributed by atoms with Crippen molar-refractivity contribution < 1.29 is 17.9 Å². The van der Waals surface area contributed by atoms with Gasteiger partial charge in [-0.25, -0.2) is 12.7 Å². The minimum absolute atomic E-state index is 0.145. The van der Waals surface area contributed by atoms with Gasteiger partial charge in [-0.05, 0) is 57.4 Å². The summed E-state index contributed by atoms with van der Waals surface area (Å²) in [5.41, 5.74) is 2.98. The van der Waals surface area contributed by atoms with Crippen LogP contribution in [0.4, 0.5) is 0 Å². The number of nitrogens with zero attached hydrogens (tertiary/aromatic N) is 6. The number of rotatable bonds is 8. The molecule has 4 aromatic rings. The van der Waals surface area contributed by atoms with Gasteiger partial charge in [-0.3, -0.25) is 14.3 Å². The van der Waals surface area contributed by atoms with Crippen molar-refractivity contribution in [2.45, 2.75) is 74.6 Å². The van der Waals surface area contributed by atoms with E-state index in [1.54, 1.807) is 21.8 Å². The van der Waals surface area contributed by atoms with E-state index in [4.69, 9.17) is 14.6 Å². The van der Waals surface area contributed by atoms with Gasteiger partial charge in [0.05, 0.1) is 39.9 Å². The van der Waals surface area contributed by atoms with E-state index < -0.39 is 10.0 Å². The molecule has 2 saturated carbocycles. The van der Waals surface area contributed by atoms with Gasteiger partial charge in [0.2, 0.25) is 10.0 Å². The highest BCUT2D eigenvalue weighted by molar-refractivity contribution is 7.90. The lowest BCUT2D eigenvalue weighted by molar-refractivity contribution is 0.0839. The summed E-state index contributed by atoms with van der Waals surface area (Å²) in [4.78, 5) is 5.72. The molecule has 0 amide bonds. The molecule has 216 valence electrons. The maximum atomic E-state index is 12.6. The molecule has 0 unspecified atom stereocenters. The van der Waals surface area contributed by atoms with E-state index >= 15 is 0 Å². The molecule has 2 aliphatic heterocycles. The smallest absolute Gasteiger partial charge is 0.216 e. The van der Waals surface area contributed by atoms with Gasteiger partial charge in [0.1, 0.15) is 11.4 Å². The second-order valence-electron chi connectivity index (χ2n) is 11.8. The fraction of sp³-hybridized carbons (Fsp3) is 0.552. The summed E-state index contributed by atoms with van der Waals surface area (Å²) in [6.07, 6.45) is 15.3. The van der Waals surface area contributed by atoms with Crippen molar-refractivity contribution in [1.29, 1.82) is 0 Å². The number of piperidine rings is 1. The van der Waals surface area contributed by atoms with Crippen LogP contribution >= 0.6 is 11.3 Å². The lowest BCUT2D eigenvalue weighted by Gasteiger charge is -2.31. The van der Waals surface area contributed by atoms with E-state index in [-0.39, 0.29) is 11.3 Å². The second-order valence-corrected chi connectivity index (χ2v) is 15.1. The van der Waals surface area contributed by atoms with Crippen molar-refractivity contribution in [1.82, 2.24) is 28.9 Å². The first-order valence-electron chi connectivity index (χ1n) is 14.8. The first-order chi connectivity index (χ1) is 20.0. The molecule has 4 fully saturated rings. The Morgan fingerprint density at radius 1 is 0.927 bits per heavy atom.